The third kappa shape index (κ3) is 4.41. The SMILES string of the molecule is O=C(NCC(=O)N(Cc1ccccc1)C1CC1)c1ccc(F)cc1F. The number of halogens is 2. The molecular weight excluding hydrogens is 326 g/mol. The molecule has 2 amide bonds. The summed E-state index contributed by atoms with van der Waals surface area (Å²) in [5, 5.41) is 2.42. The first kappa shape index (κ1) is 17.1. The molecule has 130 valence electrons. The quantitative estimate of drug-likeness (QED) is 0.876. The van der Waals surface area contributed by atoms with Crippen LogP contribution in [-0.4, -0.2) is 29.3 Å². The standard InChI is InChI=1S/C19H18F2N2O2/c20-14-6-9-16(17(21)10-14)19(25)22-11-18(24)23(15-7-8-15)12-13-4-2-1-3-5-13/h1-6,9-10,15H,7-8,11-12H2,(H,22,25). The van der Waals surface area contributed by atoms with Crippen LogP contribution in [0.2, 0.25) is 0 Å². The minimum absolute atomic E-state index is 0.187. The average molecular weight is 344 g/mol. The molecule has 1 N–H and O–H groups in total. The monoisotopic (exact) mass is 344 g/mol. The van der Waals surface area contributed by atoms with Crippen molar-refractivity contribution in [3.63, 3.8) is 0 Å². The number of hydrogen-bond donors (Lipinski definition) is 1. The Bertz CT molecular complexity index is 776. The van der Waals surface area contributed by atoms with Crippen molar-refractivity contribution in [1.29, 1.82) is 0 Å². The second-order valence-electron chi connectivity index (χ2n) is 6.05. The van der Waals surface area contributed by atoms with E-state index in [4.69, 9.17) is 0 Å². The summed E-state index contributed by atoms with van der Waals surface area (Å²) in [4.78, 5) is 26.2. The van der Waals surface area contributed by atoms with Crippen molar-refractivity contribution in [1.82, 2.24) is 10.2 Å². The van der Waals surface area contributed by atoms with Crippen LogP contribution in [0.1, 0.15) is 28.8 Å². The molecule has 0 saturated heterocycles. The molecule has 0 radical (unpaired) electrons. The molecule has 0 aliphatic heterocycles. The number of nitrogens with one attached hydrogen (secondary N) is 1. The van der Waals surface area contributed by atoms with Gasteiger partial charge in [-0.15, -0.1) is 0 Å². The van der Waals surface area contributed by atoms with Gasteiger partial charge < -0.3 is 10.2 Å². The van der Waals surface area contributed by atoms with Crippen molar-refractivity contribution in [2.24, 2.45) is 0 Å². The molecule has 0 unspecified atom stereocenters. The van der Waals surface area contributed by atoms with Crippen LogP contribution in [0.3, 0.4) is 0 Å². The van der Waals surface area contributed by atoms with Crippen LogP contribution in [0.5, 0.6) is 0 Å². The molecule has 0 heterocycles. The van der Waals surface area contributed by atoms with Crippen LogP contribution in [-0.2, 0) is 11.3 Å². The van der Waals surface area contributed by atoms with Crippen LogP contribution in [0, 0.1) is 11.6 Å². The van der Waals surface area contributed by atoms with E-state index in [0.717, 1.165) is 30.5 Å². The number of benzene rings is 2. The highest BCUT2D eigenvalue weighted by Gasteiger charge is 2.32. The number of nitrogens with zero attached hydrogens (tertiary/aromatic N) is 1. The smallest absolute Gasteiger partial charge is 0.254 e. The van der Waals surface area contributed by atoms with Gasteiger partial charge in [0.1, 0.15) is 11.6 Å². The van der Waals surface area contributed by atoms with Crippen LogP contribution in [0.25, 0.3) is 0 Å². The Morgan fingerprint density at radius 2 is 1.80 bits per heavy atom. The lowest BCUT2D eigenvalue weighted by Gasteiger charge is -2.23. The number of carbonyl (C=O) groups excluding carboxylic acids is 2. The Kier molecular flexibility index (Phi) is 5.07. The minimum Gasteiger partial charge on any atom is -0.343 e. The topological polar surface area (TPSA) is 49.4 Å². The van der Waals surface area contributed by atoms with Crippen molar-refractivity contribution in [2.75, 3.05) is 6.54 Å². The zero-order valence-electron chi connectivity index (χ0n) is 13.5. The highest BCUT2D eigenvalue weighted by molar-refractivity contribution is 5.96. The van der Waals surface area contributed by atoms with Crippen molar-refractivity contribution in [3.05, 3.63) is 71.3 Å². The van der Waals surface area contributed by atoms with Crippen molar-refractivity contribution in [2.45, 2.75) is 25.4 Å². The van der Waals surface area contributed by atoms with Crippen molar-refractivity contribution in [3.8, 4) is 0 Å². The molecule has 6 heteroatoms. The summed E-state index contributed by atoms with van der Waals surface area (Å²) in [6.45, 7) is 0.254. The Hall–Kier alpha value is -2.76. The first-order valence-corrected chi connectivity index (χ1v) is 8.11. The minimum atomic E-state index is -0.951. The maximum atomic E-state index is 13.6. The summed E-state index contributed by atoms with van der Waals surface area (Å²) < 4.78 is 26.5. The van der Waals surface area contributed by atoms with Crippen LogP contribution in [0.4, 0.5) is 8.78 Å². The number of carbonyl (C=O) groups is 2. The van der Waals surface area contributed by atoms with Crippen LogP contribution in [0.15, 0.2) is 48.5 Å². The fourth-order valence-electron chi connectivity index (χ4n) is 2.61. The normalized spacial score (nSPS) is 13.4. The van der Waals surface area contributed by atoms with Gasteiger partial charge in [-0.2, -0.15) is 0 Å². The molecule has 2 aromatic carbocycles. The van der Waals surface area contributed by atoms with Crippen LogP contribution >= 0.6 is 0 Å². The zero-order chi connectivity index (χ0) is 17.8. The van der Waals surface area contributed by atoms with E-state index in [-0.39, 0.29) is 24.1 Å². The Balaban J connectivity index is 1.61. The molecular formula is C19H18F2N2O2. The summed E-state index contributed by atoms with van der Waals surface area (Å²) >= 11 is 0. The average Bonchev–Trinajstić information content (AvgIpc) is 3.43. The number of hydrogen-bond acceptors (Lipinski definition) is 2. The summed E-state index contributed by atoms with van der Waals surface area (Å²) in [7, 11) is 0. The fourth-order valence-corrected chi connectivity index (χ4v) is 2.61. The first-order chi connectivity index (χ1) is 12.0. The Morgan fingerprint density at radius 1 is 1.08 bits per heavy atom. The molecule has 2 aromatic rings. The molecule has 0 spiro atoms. The van der Waals surface area contributed by atoms with Crippen LogP contribution < -0.4 is 5.32 Å². The molecule has 0 aromatic heterocycles. The molecule has 1 saturated carbocycles. The highest BCUT2D eigenvalue weighted by atomic mass is 19.1. The zero-order valence-corrected chi connectivity index (χ0v) is 13.5. The lowest BCUT2D eigenvalue weighted by atomic mass is 10.2. The third-order valence-corrected chi connectivity index (χ3v) is 4.08. The molecule has 3 rings (SSSR count). The molecule has 25 heavy (non-hydrogen) atoms. The molecule has 0 bridgehead atoms. The predicted octanol–water partition coefficient (Wildman–Crippen LogP) is 2.89. The van der Waals surface area contributed by atoms with Gasteiger partial charge in [-0.05, 0) is 30.5 Å². The Labute approximate surface area is 144 Å². The molecule has 1 aliphatic rings. The van der Waals surface area contributed by atoms with E-state index in [1.54, 1.807) is 4.90 Å². The van der Waals surface area contributed by atoms with Crippen molar-refractivity contribution < 1.29 is 18.4 Å². The van der Waals surface area contributed by atoms with Crippen molar-refractivity contribution >= 4 is 11.8 Å². The molecule has 1 aliphatic carbocycles. The second kappa shape index (κ2) is 7.42. The lowest BCUT2D eigenvalue weighted by molar-refractivity contribution is -0.131. The summed E-state index contributed by atoms with van der Waals surface area (Å²) in [5.74, 6) is -2.66. The first-order valence-electron chi connectivity index (χ1n) is 8.11. The van der Waals surface area contributed by atoms with E-state index >= 15 is 0 Å². The van der Waals surface area contributed by atoms with Gasteiger partial charge in [0.2, 0.25) is 5.91 Å². The van der Waals surface area contributed by atoms with Gasteiger partial charge >= 0.3 is 0 Å². The van der Waals surface area contributed by atoms with E-state index in [9.17, 15) is 18.4 Å². The maximum Gasteiger partial charge on any atom is 0.254 e. The fraction of sp³-hybridized carbons (Fsp3) is 0.263. The highest BCUT2D eigenvalue weighted by Crippen LogP contribution is 2.28. The van der Waals surface area contributed by atoms with Gasteiger partial charge in [0, 0.05) is 18.7 Å². The molecule has 4 nitrogen and oxygen atoms in total. The van der Waals surface area contributed by atoms with Gasteiger partial charge in [0.15, 0.2) is 0 Å². The largest absolute Gasteiger partial charge is 0.343 e. The molecule has 0 atom stereocenters. The van der Waals surface area contributed by atoms with E-state index in [1.807, 2.05) is 30.3 Å². The number of amides is 2. The van der Waals surface area contributed by atoms with Gasteiger partial charge in [-0.25, -0.2) is 8.78 Å². The number of rotatable bonds is 6. The van der Waals surface area contributed by atoms with E-state index in [1.165, 1.54) is 0 Å². The lowest BCUT2D eigenvalue weighted by Crippen LogP contribution is -2.41. The third-order valence-electron chi connectivity index (χ3n) is 4.08. The predicted molar refractivity (Wildman–Crippen MR) is 88.7 cm³/mol. The second-order valence-corrected chi connectivity index (χ2v) is 6.05. The van der Waals surface area contributed by atoms with E-state index in [0.29, 0.717) is 12.6 Å². The molecule has 1 fully saturated rings. The summed E-state index contributed by atoms with van der Waals surface area (Å²) in [5.41, 5.74) is 0.730. The van der Waals surface area contributed by atoms with Gasteiger partial charge in [-0.3, -0.25) is 9.59 Å². The van der Waals surface area contributed by atoms with E-state index in [2.05, 4.69) is 5.32 Å². The summed E-state index contributed by atoms with van der Waals surface area (Å²) in [6.07, 6.45) is 1.89. The van der Waals surface area contributed by atoms with Gasteiger partial charge in [0.05, 0.1) is 12.1 Å². The maximum absolute atomic E-state index is 13.6. The summed E-state index contributed by atoms with van der Waals surface area (Å²) in [6, 6.07) is 12.5. The van der Waals surface area contributed by atoms with Gasteiger partial charge in [-0.1, -0.05) is 30.3 Å². The Morgan fingerprint density at radius 3 is 2.44 bits per heavy atom. The van der Waals surface area contributed by atoms with E-state index < -0.39 is 17.5 Å². The van der Waals surface area contributed by atoms with Gasteiger partial charge in [0.25, 0.3) is 5.91 Å².